The van der Waals surface area contributed by atoms with Crippen molar-refractivity contribution < 1.29 is 29.2 Å². The second kappa shape index (κ2) is 9.64. The Labute approximate surface area is 188 Å². The predicted octanol–water partition coefficient (Wildman–Crippen LogP) is 4.67. The van der Waals surface area contributed by atoms with Gasteiger partial charge < -0.3 is 24.4 Å². The van der Waals surface area contributed by atoms with Gasteiger partial charge in [0.2, 0.25) is 0 Å². The van der Waals surface area contributed by atoms with E-state index in [2.05, 4.69) is 0 Å². The molecular weight excluding hydrogens is 408 g/mol. The van der Waals surface area contributed by atoms with Gasteiger partial charge in [0.25, 0.3) is 0 Å². The molecule has 0 aliphatic heterocycles. The van der Waals surface area contributed by atoms with Crippen molar-refractivity contribution in [2.24, 2.45) is 5.92 Å². The van der Waals surface area contributed by atoms with Crippen LogP contribution in [0.3, 0.4) is 0 Å². The van der Waals surface area contributed by atoms with E-state index in [1.165, 1.54) is 13.2 Å². The Hall–Kier alpha value is -3.67. The Morgan fingerprint density at radius 3 is 1.75 bits per heavy atom. The molecule has 0 aliphatic carbocycles. The van der Waals surface area contributed by atoms with Crippen molar-refractivity contribution in [3.63, 3.8) is 0 Å². The minimum Gasteiger partial charge on any atom is -0.504 e. The lowest BCUT2D eigenvalue weighted by atomic mass is 9.65. The predicted molar refractivity (Wildman–Crippen MR) is 122 cm³/mol. The van der Waals surface area contributed by atoms with Gasteiger partial charge in [-0.3, -0.25) is 4.79 Å². The molecule has 0 fully saturated rings. The summed E-state index contributed by atoms with van der Waals surface area (Å²) in [5, 5.41) is 20.3. The molecule has 1 unspecified atom stereocenters. The van der Waals surface area contributed by atoms with Crippen LogP contribution in [0.1, 0.15) is 23.6 Å². The van der Waals surface area contributed by atoms with Gasteiger partial charge in [-0.15, -0.1) is 0 Å². The molecule has 0 bridgehead atoms. The molecule has 1 atom stereocenters. The summed E-state index contributed by atoms with van der Waals surface area (Å²) in [5.41, 5.74) is 1.58. The van der Waals surface area contributed by atoms with E-state index < -0.39 is 17.3 Å². The number of phenolic OH excluding ortho intramolecular Hbond substituents is 1. The Kier molecular flexibility index (Phi) is 6.93. The van der Waals surface area contributed by atoms with Gasteiger partial charge in [-0.25, -0.2) is 0 Å². The number of aliphatic carboxylic acids is 1. The van der Waals surface area contributed by atoms with Crippen molar-refractivity contribution in [1.29, 1.82) is 0 Å². The Balaban J connectivity index is 2.14. The lowest BCUT2D eigenvalue weighted by Gasteiger charge is -2.37. The minimum absolute atomic E-state index is 0.0104. The second-order valence-electron chi connectivity index (χ2n) is 7.76. The SMILES string of the molecule is COc1ccc(C(C)(c2ccc(OC)cc2)C(Cc2ccc(O)c(OC)c2)C(=O)O)cc1. The van der Waals surface area contributed by atoms with Crippen LogP contribution >= 0.6 is 0 Å². The number of ether oxygens (including phenoxy) is 3. The molecule has 0 radical (unpaired) electrons. The van der Waals surface area contributed by atoms with Crippen LogP contribution in [0.5, 0.6) is 23.0 Å². The number of benzene rings is 3. The minimum atomic E-state index is -0.925. The third-order valence-corrected chi connectivity index (χ3v) is 6.06. The molecule has 3 aromatic rings. The summed E-state index contributed by atoms with van der Waals surface area (Å²) in [6.07, 6.45) is 0.237. The van der Waals surface area contributed by atoms with E-state index in [1.54, 1.807) is 26.4 Å². The van der Waals surface area contributed by atoms with Gasteiger partial charge in [-0.1, -0.05) is 37.3 Å². The molecule has 0 amide bonds. The largest absolute Gasteiger partial charge is 0.504 e. The van der Waals surface area contributed by atoms with Crippen molar-refractivity contribution in [3.05, 3.63) is 83.4 Å². The van der Waals surface area contributed by atoms with E-state index in [0.717, 1.165) is 16.7 Å². The molecule has 0 saturated carbocycles. The molecule has 6 heteroatoms. The van der Waals surface area contributed by atoms with Crippen LogP contribution in [0.4, 0.5) is 0 Å². The van der Waals surface area contributed by atoms with Crippen LogP contribution < -0.4 is 14.2 Å². The molecule has 0 aromatic heterocycles. The quantitative estimate of drug-likeness (QED) is 0.507. The molecule has 3 aromatic carbocycles. The first kappa shape index (κ1) is 23.0. The highest BCUT2D eigenvalue weighted by Gasteiger charge is 2.42. The summed E-state index contributed by atoms with van der Waals surface area (Å²) in [4.78, 5) is 12.6. The van der Waals surface area contributed by atoms with Crippen LogP contribution in [-0.4, -0.2) is 37.5 Å². The highest BCUT2D eigenvalue weighted by molar-refractivity contribution is 5.74. The first-order valence-corrected chi connectivity index (χ1v) is 10.2. The van der Waals surface area contributed by atoms with E-state index in [-0.39, 0.29) is 12.2 Å². The lowest BCUT2D eigenvalue weighted by Crippen LogP contribution is -2.40. The molecule has 2 N–H and O–H groups in total. The van der Waals surface area contributed by atoms with Crippen molar-refractivity contribution in [2.45, 2.75) is 18.8 Å². The van der Waals surface area contributed by atoms with Crippen molar-refractivity contribution in [3.8, 4) is 23.0 Å². The van der Waals surface area contributed by atoms with Gasteiger partial charge in [0.15, 0.2) is 11.5 Å². The molecule has 0 spiro atoms. The van der Waals surface area contributed by atoms with Gasteiger partial charge in [-0.05, 0) is 59.5 Å². The summed E-state index contributed by atoms with van der Waals surface area (Å²) in [6.45, 7) is 1.94. The van der Waals surface area contributed by atoms with Crippen molar-refractivity contribution in [2.75, 3.05) is 21.3 Å². The van der Waals surface area contributed by atoms with Crippen LogP contribution in [0, 0.1) is 5.92 Å². The van der Waals surface area contributed by atoms with Crippen LogP contribution in [0.2, 0.25) is 0 Å². The second-order valence-corrected chi connectivity index (χ2v) is 7.76. The van der Waals surface area contributed by atoms with Gasteiger partial charge in [0, 0.05) is 5.41 Å². The zero-order valence-corrected chi connectivity index (χ0v) is 18.7. The topological polar surface area (TPSA) is 85.2 Å². The smallest absolute Gasteiger partial charge is 0.308 e. The average Bonchev–Trinajstić information content (AvgIpc) is 2.82. The van der Waals surface area contributed by atoms with Gasteiger partial charge in [-0.2, -0.15) is 0 Å². The monoisotopic (exact) mass is 436 g/mol. The molecule has 32 heavy (non-hydrogen) atoms. The van der Waals surface area contributed by atoms with Crippen LogP contribution in [0.25, 0.3) is 0 Å². The third-order valence-electron chi connectivity index (χ3n) is 6.06. The van der Waals surface area contributed by atoms with E-state index in [1.807, 2.05) is 55.5 Å². The number of aromatic hydroxyl groups is 1. The first-order valence-electron chi connectivity index (χ1n) is 10.2. The number of carbonyl (C=O) groups is 1. The molecule has 6 nitrogen and oxygen atoms in total. The maximum absolute atomic E-state index is 12.6. The number of methoxy groups -OCH3 is 3. The standard InChI is InChI=1S/C26H28O6/c1-26(18-6-10-20(30-2)11-7-18,19-8-12-21(31-3)13-9-19)22(25(28)29)15-17-5-14-23(27)24(16-17)32-4/h5-14,16,22,27H,15H2,1-4H3,(H,28,29). The summed E-state index contributed by atoms with van der Waals surface area (Å²) in [6, 6.07) is 19.8. The van der Waals surface area contributed by atoms with E-state index in [4.69, 9.17) is 14.2 Å². The highest BCUT2D eigenvalue weighted by atomic mass is 16.5. The molecule has 0 saturated heterocycles. The fourth-order valence-corrected chi connectivity index (χ4v) is 4.07. The summed E-state index contributed by atoms with van der Waals surface area (Å²) >= 11 is 0. The highest BCUT2D eigenvalue weighted by Crippen LogP contribution is 2.42. The fraction of sp³-hybridized carbons (Fsp3) is 0.269. The van der Waals surface area contributed by atoms with E-state index in [0.29, 0.717) is 17.2 Å². The zero-order valence-electron chi connectivity index (χ0n) is 18.7. The molecule has 3 rings (SSSR count). The van der Waals surface area contributed by atoms with Gasteiger partial charge in [0.1, 0.15) is 11.5 Å². The normalized spacial score (nSPS) is 12.1. The number of carboxylic acid groups (broad SMARTS) is 1. The fourth-order valence-electron chi connectivity index (χ4n) is 4.07. The van der Waals surface area contributed by atoms with E-state index >= 15 is 0 Å². The molecule has 0 aliphatic rings. The number of carboxylic acids is 1. The Bertz CT molecular complexity index is 1010. The molecular formula is C26H28O6. The van der Waals surface area contributed by atoms with Gasteiger partial charge in [0.05, 0.1) is 27.2 Å². The number of hydrogen-bond donors (Lipinski definition) is 2. The maximum Gasteiger partial charge on any atom is 0.308 e. The van der Waals surface area contributed by atoms with Gasteiger partial charge >= 0.3 is 5.97 Å². The average molecular weight is 437 g/mol. The van der Waals surface area contributed by atoms with Crippen LogP contribution in [0.15, 0.2) is 66.7 Å². The maximum atomic E-state index is 12.6. The Morgan fingerprint density at radius 2 is 1.34 bits per heavy atom. The van der Waals surface area contributed by atoms with Crippen molar-refractivity contribution >= 4 is 5.97 Å². The Morgan fingerprint density at radius 1 is 0.844 bits per heavy atom. The third kappa shape index (κ3) is 4.49. The summed E-state index contributed by atoms with van der Waals surface area (Å²) in [5.74, 6) is -0.0231. The number of phenols is 1. The van der Waals surface area contributed by atoms with Crippen LogP contribution in [-0.2, 0) is 16.6 Å². The number of hydrogen-bond acceptors (Lipinski definition) is 5. The van der Waals surface area contributed by atoms with E-state index in [9.17, 15) is 15.0 Å². The molecule has 168 valence electrons. The van der Waals surface area contributed by atoms with Crippen molar-refractivity contribution in [1.82, 2.24) is 0 Å². The summed E-state index contributed by atoms with van der Waals surface area (Å²) < 4.78 is 15.8. The first-order chi connectivity index (χ1) is 15.3. The lowest BCUT2D eigenvalue weighted by molar-refractivity contribution is -0.143. The summed E-state index contributed by atoms with van der Waals surface area (Å²) in [7, 11) is 4.65. The number of rotatable bonds is 9. The zero-order chi connectivity index (χ0) is 23.3. The molecule has 0 heterocycles.